The third-order valence-electron chi connectivity index (χ3n) is 13.3. The normalized spacial score (nSPS) is 21.3. The van der Waals surface area contributed by atoms with Gasteiger partial charge in [0.1, 0.15) is 37.1 Å². The lowest BCUT2D eigenvalue weighted by Crippen LogP contribution is -2.64. The molecular formula is C56H104O16. The molecule has 16 nitrogen and oxygen atoms in total. The molecule has 16 heteroatoms. The molecule has 72 heavy (non-hydrogen) atoms. The van der Waals surface area contributed by atoms with Gasteiger partial charge in [-0.1, -0.05) is 207 Å². The Bertz CT molecular complexity index is 1410. The Morgan fingerprint density at radius 1 is 0.444 bits per heavy atom. The highest BCUT2D eigenvalue weighted by atomic mass is 16.8. The Morgan fingerprint density at radius 3 is 1.24 bits per heavy atom. The number of esters is 4. The number of aliphatic hydroxyl groups is 6. The first-order valence-electron chi connectivity index (χ1n) is 29.7. The fraction of sp³-hybridized carbons (Fsp3) is 0.929. The highest BCUT2D eigenvalue weighted by Gasteiger charge is 2.54. The zero-order valence-corrected chi connectivity index (χ0v) is 45.1. The lowest BCUT2D eigenvalue weighted by Gasteiger charge is -2.45. The molecule has 0 saturated carbocycles. The van der Waals surface area contributed by atoms with E-state index in [9.17, 15) is 49.8 Å². The summed E-state index contributed by atoms with van der Waals surface area (Å²) >= 11 is 0. The number of hydrogen-bond acceptors (Lipinski definition) is 16. The smallest absolute Gasteiger partial charge is 0.306 e. The molecule has 1 rings (SSSR count). The van der Waals surface area contributed by atoms with E-state index in [1.807, 2.05) is 13.8 Å². The van der Waals surface area contributed by atoms with Crippen molar-refractivity contribution in [1.82, 2.24) is 0 Å². The van der Waals surface area contributed by atoms with Crippen LogP contribution in [0.1, 0.15) is 262 Å². The van der Waals surface area contributed by atoms with Gasteiger partial charge in [0.05, 0.1) is 6.61 Å². The lowest BCUT2D eigenvalue weighted by molar-refractivity contribution is -0.349. The van der Waals surface area contributed by atoms with Crippen LogP contribution in [0, 0.1) is 0 Å². The van der Waals surface area contributed by atoms with Gasteiger partial charge in [-0.15, -0.1) is 0 Å². The minimum absolute atomic E-state index is 0.0446. The lowest BCUT2D eigenvalue weighted by atomic mass is 9.97. The summed E-state index contributed by atoms with van der Waals surface area (Å²) in [5, 5.41) is 62.4. The van der Waals surface area contributed by atoms with E-state index < -0.39 is 124 Å². The first kappa shape index (κ1) is 63.8. The van der Waals surface area contributed by atoms with Gasteiger partial charge in [-0.2, -0.15) is 0 Å². The van der Waals surface area contributed by atoms with E-state index >= 15 is 0 Å². The number of ether oxygens (including phenoxy) is 6. The number of unbranched alkanes of at least 4 members (excludes halogenated alkanes) is 24. The van der Waals surface area contributed by atoms with E-state index in [-0.39, 0.29) is 12.8 Å². The predicted molar refractivity (Wildman–Crippen MR) is 276 cm³/mol. The first-order valence-corrected chi connectivity index (χ1v) is 28.5. The summed E-state index contributed by atoms with van der Waals surface area (Å²) in [6.45, 7) is 6.71. The van der Waals surface area contributed by atoms with Crippen LogP contribution in [-0.2, 0) is 47.6 Å². The number of rotatable bonds is 48. The van der Waals surface area contributed by atoms with Crippen molar-refractivity contribution in [3.63, 3.8) is 0 Å². The van der Waals surface area contributed by atoms with Crippen molar-refractivity contribution >= 4 is 23.9 Å². The van der Waals surface area contributed by atoms with Crippen LogP contribution in [0.5, 0.6) is 0 Å². The second-order valence-electron chi connectivity index (χ2n) is 19.9. The molecule has 0 aliphatic carbocycles. The fourth-order valence-corrected chi connectivity index (χ4v) is 8.69. The number of carbonyl (C=O) groups excluding carboxylic acids is 4. The van der Waals surface area contributed by atoms with Crippen LogP contribution in [0.15, 0.2) is 0 Å². The van der Waals surface area contributed by atoms with Crippen molar-refractivity contribution in [1.29, 1.82) is 0 Å². The summed E-state index contributed by atoms with van der Waals surface area (Å²) in [6, 6.07) is 0. The van der Waals surface area contributed by atoms with Gasteiger partial charge in [0, 0.05) is 28.4 Å². The van der Waals surface area contributed by atoms with Gasteiger partial charge in [-0.05, 0) is 25.6 Å². The van der Waals surface area contributed by atoms with Gasteiger partial charge < -0.3 is 59.1 Å². The maximum Gasteiger partial charge on any atom is 0.306 e. The molecule has 6 N–H and O–H groups in total. The molecule has 0 aromatic rings. The molecule has 1 fully saturated rings. The largest absolute Gasteiger partial charge is 0.463 e. The van der Waals surface area contributed by atoms with Gasteiger partial charge >= 0.3 is 23.9 Å². The molecule has 1 aliphatic rings. The average molecular weight is 1040 g/mol. The molecule has 0 aromatic carbocycles. The van der Waals surface area contributed by atoms with Crippen LogP contribution >= 0.6 is 0 Å². The van der Waals surface area contributed by atoms with Crippen molar-refractivity contribution in [2.24, 2.45) is 0 Å². The Labute approximate surface area is 437 Å². The van der Waals surface area contributed by atoms with Crippen molar-refractivity contribution in [3.05, 3.63) is 0 Å². The third kappa shape index (κ3) is 32.1. The monoisotopic (exact) mass is 1030 g/mol. The minimum Gasteiger partial charge on any atom is -0.463 e. The average Bonchev–Trinajstić information content (AvgIpc) is 3.37. The molecule has 12 atom stereocenters. The van der Waals surface area contributed by atoms with Crippen molar-refractivity contribution < 1.29 is 81.0 Å². The Morgan fingerprint density at radius 2 is 0.806 bits per heavy atom. The van der Waals surface area contributed by atoms with Gasteiger partial charge in [0.2, 0.25) is 6.29 Å². The number of aliphatic hydroxyl groups excluding tert-OH is 6. The highest BCUT2D eigenvalue weighted by molar-refractivity contribution is 5.72. The van der Waals surface area contributed by atoms with Crippen LogP contribution in [-0.4, -0.2) is 129 Å². The van der Waals surface area contributed by atoms with E-state index in [0.29, 0.717) is 44.9 Å². The van der Waals surface area contributed by atoms with Gasteiger partial charge in [-0.3, -0.25) is 19.2 Å². The van der Waals surface area contributed by atoms with Crippen LogP contribution in [0.4, 0.5) is 0 Å². The summed E-state index contributed by atoms with van der Waals surface area (Å²) in [7, 11) is 0. The second-order valence-corrected chi connectivity index (χ2v) is 19.9. The van der Waals surface area contributed by atoms with E-state index in [2.05, 4.69) is 13.8 Å². The van der Waals surface area contributed by atoms with Crippen molar-refractivity contribution in [3.8, 4) is 0 Å². The van der Waals surface area contributed by atoms with Crippen LogP contribution < -0.4 is 0 Å². The molecule has 0 spiro atoms. The second kappa shape index (κ2) is 44.8. The Balaban J connectivity index is 3.49. The zero-order chi connectivity index (χ0) is 54.9. The zero-order valence-electron chi connectivity index (χ0n) is 47.1. The van der Waals surface area contributed by atoms with E-state index in [1.165, 1.54) is 77.0 Å². The molecule has 0 aromatic heterocycles. The van der Waals surface area contributed by atoms with Gasteiger partial charge in [0.15, 0.2) is 24.6 Å². The molecule has 0 amide bonds. The minimum atomic E-state index is -2.48. The van der Waals surface area contributed by atoms with Crippen LogP contribution in [0.25, 0.3) is 0 Å². The molecule has 4 unspecified atom stereocenters. The van der Waals surface area contributed by atoms with E-state index in [4.69, 9.17) is 31.2 Å². The predicted octanol–water partition coefficient (Wildman–Crippen LogP) is 9.88. The Hall–Kier alpha value is -2.44. The van der Waals surface area contributed by atoms with Crippen LogP contribution in [0.2, 0.25) is 0 Å². The summed E-state index contributed by atoms with van der Waals surface area (Å²) in [5.41, 5.74) is 0. The number of carbonyl (C=O) groups is 4. The Kier molecular flexibility index (Phi) is 39.7. The van der Waals surface area contributed by atoms with Gasteiger partial charge in [0.25, 0.3) is 0 Å². The maximum atomic E-state index is 14.0. The molecule has 0 radical (unpaired) electrons. The summed E-state index contributed by atoms with van der Waals surface area (Å²) in [6.07, 6.45) is 6.60. The highest BCUT2D eigenvalue weighted by Crippen LogP contribution is 2.32. The van der Waals surface area contributed by atoms with Crippen molar-refractivity contribution in [2.45, 2.75) is 320 Å². The summed E-state index contributed by atoms with van der Waals surface area (Å²) in [5.74, 6) is -3.24. The SMILES string of the molecule is [2H]C(CCCCCCCCCCCCC)CC(=O)O[C@H]1[C@H](OC(=O)CCCCC)[C@@H](COC(=O)CCCCC)OC(OC(O)[C@@H](O)[C@@H](O)[C@H](O)[C@H](O)CO)[C@H]1OC(=O)CC([2H])CCCCCCCCCCCCC. The van der Waals surface area contributed by atoms with Crippen molar-refractivity contribution in [2.75, 3.05) is 13.2 Å². The number of hydrogen-bond donors (Lipinski definition) is 6. The molecule has 1 aliphatic heterocycles. The first-order chi connectivity index (χ1) is 35.6. The molecule has 424 valence electrons. The fourth-order valence-electron chi connectivity index (χ4n) is 8.69. The van der Waals surface area contributed by atoms with E-state index in [1.54, 1.807) is 0 Å². The maximum absolute atomic E-state index is 14.0. The topological polar surface area (TPSA) is 245 Å². The standard InChI is InChI=1S/C56H104O16/c1-5-9-13-15-17-19-21-23-25-27-29-31-35-39-47(61)70-53-52(69-46(60)38-34-12-8-4)44(42-67-45(59)37-33-11-7-3)68-56(72-55(66)51(65)50(64)49(63)43(58)41-57)54(53)71-48(62)40-36-32-30-28-26-24-22-20-18-16-14-10-6-2/h43-44,49-58,63-66H,5-42H2,1-4H3/t43-,44-,49-,50+,51+,52-,53+,54+,55?,56?/m1/s1/i35D,36D/t35?,36?,43-,44-,49-,50+,51+,52-,53+,54+,55?,56?. The third-order valence-corrected chi connectivity index (χ3v) is 13.3. The van der Waals surface area contributed by atoms with Crippen LogP contribution in [0.3, 0.4) is 0 Å². The molecule has 1 saturated heterocycles. The summed E-state index contributed by atoms with van der Waals surface area (Å²) in [4.78, 5) is 54.3. The molecular weight excluding hydrogens is 929 g/mol. The quantitative estimate of drug-likeness (QED) is 0.0144. The van der Waals surface area contributed by atoms with Gasteiger partial charge in [-0.25, -0.2) is 0 Å². The summed E-state index contributed by atoms with van der Waals surface area (Å²) < 4.78 is 52.9. The molecule has 1 heterocycles. The molecule has 0 bridgehead atoms. The van der Waals surface area contributed by atoms with E-state index in [0.717, 1.165) is 70.6 Å².